The van der Waals surface area contributed by atoms with Crippen molar-refractivity contribution in [1.82, 2.24) is 19.9 Å². The van der Waals surface area contributed by atoms with Gasteiger partial charge in [-0.1, -0.05) is 18.8 Å². The van der Waals surface area contributed by atoms with Crippen molar-refractivity contribution < 1.29 is 9.53 Å². The van der Waals surface area contributed by atoms with Crippen LogP contribution >= 0.6 is 0 Å². The van der Waals surface area contributed by atoms with E-state index in [-0.39, 0.29) is 6.09 Å². The summed E-state index contributed by atoms with van der Waals surface area (Å²) in [4.78, 5) is 28.4. The van der Waals surface area contributed by atoms with Crippen LogP contribution in [0.1, 0.15) is 23.7 Å². The Bertz CT molecular complexity index is 864. The van der Waals surface area contributed by atoms with Crippen molar-refractivity contribution in [2.24, 2.45) is 0 Å². The summed E-state index contributed by atoms with van der Waals surface area (Å²) >= 11 is 0. The highest BCUT2D eigenvalue weighted by atomic mass is 16.5. The molecule has 140 valence electrons. The first-order valence-corrected chi connectivity index (χ1v) is 8.77. The number of aryl methyl sites for hydroxylation is 1. The lowest BCUT2D eigenvalue weighted by molar-refractivity contribution is 0.121. The highest BCUT2D eigenvalue weighted by molar-refractivity contribution is 5.68. The number of methoxy groups -OCH3 is 1. The van der Waals surface area contributed by atoms with Crippen molar-refractivity contribution in [3.05, 3.63) is 41.5 Å². The molecule has 0 atom stereocenters. The Balaban J connectivity index is 1.87. The van der Waals surface area contributed by atoms with Crippen LogP contribution in [0, 0.1) is 11.8 Å². The number of ether oxygens (including phenoxy) is 1. The number of rotatable bonds is 2. The van der Waals surface area contributed by atoms with Crippen LogP contribution < -0.4 is 10.6 Å². The molecular weight excluding hydrogens is 344 g/mol. The second-order valence-electron chi connectivity index (χ2n) is 6.04. The Morgan fingerprint density at radius 1 is 1.19 bits per heavy atom. The van der Waals surface area contributed by atoms with Gasteiger partial charge in [-0.25, -0.2) is 19.7 Å². The van der Waals surface area contributed by atoms with Crippen molar-refractivity contribution in [2.75, 3.05) is 43.9 Å². The predicted molar refractivity (Wildman–Crippen MR) is 102 cm³/mol. The number of amides is 1. The van der Waals surface area contributed by atoms with E-state index in [0.717, 1.165) is 29.1 Å². The number of pyridine rings is 1. The van der Waals surface area contributed by atoms with E-state index < -0.39 is 0 Å². The summed E-state index contributed by atoms with van der Waals surface area (Å²) in [5, 5.41) is 0. The first-order chi connectivity index (χ1) is 13.1. The van der Waals surface area contributed by atoms with Crippen LogP contribution in [-0.2, 0) is 11.2 Å². The van der Waals surface area contributed by atoms with E-state index in [4.69, 9.17) is 10.5 Å². The summed E-state index contributed by atoms with van der Waals surface area (Å²) in [6.07, 6.45) is 3.66. The van der Waals surface area contributed by atoms with Gasteiger partial charge in [0.2, 0.25) is 0 Å². The summed E-state index contributed by atoms with van der Waals surface area (Å²) in [5.41, 5.74) is 8.10. The molecule has 3 heterocycles. The van der Waals surface area contributed by atoms with Gasteiger partial charge in [0.05, 0.1) is 18.4 Å². The molecule has 2 aromatic rings. The third kappa shape index (κ3) is 4.26. The van der Waals surface area contributed by atoms with Crippen molar-refractivity contribution in [3.8, 4) is 11.8 Å². The standard InChI is InChI=1S/C19H22N6O2/c1-3-16-15(6-4-14-5-7-17(20)21-12-14)18(23-13-22-16)24-8-10-25(11-9-24)19(26)27-2/h5,7,12-13H,3,8-11H2,1-2H3,(H2,20,21). The summed E-state index contributed by atoms with van der Waals surface area (Å²) in [6.45, 7) is 4.51. The van der Waals surface area contributed by atoms with Gasteiger partial charge in [-0.3, -0.25) is 0 Å². The van der Waals surface area contributed by atoms with Crippen molar-refractivity contribution >= 4 is 17.7 Å². The summed E-state index contributed by atoms with van der Waals surface area (Å²) < 4.78 is 4.79. The van der Waals surface area contributed by atoms with Crippen molar-refractivity contribution in [3.63, 3.8) is 0 Å². The van der Waals surface area contributed by atoms with Gasteiger partial charge in [0.25, 0.3) is 0 Å². The number of piperazine rings is 1. The van der Waals surface area contributed by atoms with Gasteiger partial charge < -0.3 is 20.3 Å². The quantitative estimate of drug-likeness (QED) is 0.800. The van der Waals surface area contributed by atoms with Gasteiger partial charge in [0, 0.05) is 37.9 Å². The van der Waals surface area contributed by atoms with Crippen LogP contribution in [0.2, 0.25) is 0 Å². The number of aromatic nitrogens is 3. The predicted octanol–water partition coefficient (Wildman–Crippen LogP) is 1.30. The maximum atomic E-state index is 11.7. The zero-order valence-electron chi connectivity index (χ0n) is 15.5. The number of hydrogen-bond donors (Lipinski definition) is 1. The Labute approximate surface area is 158 Å². The molecule has 1 aliphatic heterocycles. The second kappa shape index (κ2) is 8.36. The van der Waals surface area contributed by atoms with Crippen LogP contribution in [0.5, 0.6) is 0 Å². The number of carbonyl (C=O) groups excluding carboxylic acids is 1. The van der Waals surface area contributed by atoms with Gasteiger partial charge in [0.15, 0.2) is 0 Å². The molecule has 8 nitrogen and oxygen atoms in total. The normalized spacial score (nSPS) is 13.7. The molecule has 0 aromatic carbocycles. The molecule has 2 aromatic heterocycles. The molecule has 2 N–H and O–H groups in total. The minimum absolute atomic E-state index is 0.303. The first kappa shape index (κ1) is 18.5. The third-order valence-corrected chi connectivity index (χ3v) is 4.37. The third-order valence-electron chi connectivity index (χ3n) is 4.37. The Hall–Kier alpha value is -3.34. The monoisotopic (exact) mass is 366 g/mol. The number of hydrogen-bond acceptors (Lipinski definition) is 7. The second-order valence-corrected chi connectivity index (χ2v) is 6.04. The zero-order valence-corrected chi connectivity index (χ0v) is 15.5. The molecule has 8 heteroatoms. The number of nitrogen functional groups attached to an aromatic ring is 1. The number of carbonyl (C=O) groups is 1. The van der Waals surface area contributed by atoms with E-state index in [1.54, 1.807) is 23.5 Å². The van der Waals surface area contributed by atoms with Crippen LogP contribution in [0.25, 0.3) is 0 Å². The summed E-state index contributed by atoms with van der Waals surface area (Å²) in [5.74, 6) is 7.58. The van der Waals surface area contributed by atoms with Gasteiger partial charge in [-0.05, 0) is 18.6 Å². The molecular formula is C19H22N6O2. The van der Waals surface area contributed by atoms with E-state index in [0.29, 0.717) is 32.0 Å². The van der Waals surface area contributed by atoms with Crippen LogP contribution in [-0.4, -0.2) is 59.2 Å². The van der Waals surface area contributed by atoms with Crippen molar-refractivity contribution in [1.29, 1.82) is 0 Å². The first-order valence-electron chi connectivity index (χ1n) is 8.77. The molecule has 1 amide bonds. The molecule has 1 aliphatic rings. The van der Waals surface area contributed by atoms with Crippen LogP contribution in [0.4, 0.5) is 16.4 Å². The number of nitrogens with two attached hydrogens (primary N) is 1. The van der Waals surface area contributed by atoms with E-state index in [1.807, 2.05) is 13.0 Å². The Kier molecular flexibility index (Phi) is 5.71. The van der Waals surface area contributed by atoms with E-state index in [1.165, 1.54) is 7.11 Å². The fourth-order valence-corrected chi connectivity index (χ4v) is 2.89. The Morgan fingerprint density at radius 2 is 1.96 bits per heavy atom. The van der Waals surface area contributed by atoms with Crippen LogP contribution in [0.15, 0.2) is 24.7 Å². The molecule has 0 spiro atoms. The SMILES string of the molecule is CCc1ncnc(N2CCN(C(=O)OC)CC2)c1C#Cc1ccc(N)nc1. The summed E-state index contributed by atoms with van der Waals surface area (Å²) in [6, 6.07) is 3.55. The lowest BCUT2D eigenvalue weighted by Crippen LogP contribution is -2.49. The fraction of sp³-hybridized carbons (Fsp3) is 0.368. The smallest absolute Gasteiger partial charge is 0.409 e. The number of anilines is 2. The molecule has 3 rings (SSSR count). The van der Waals surface area contributed by atoms with Crippen molar-refractivity contribution in [2.45, 2.75) is 13.3 Å². The topological polar surface area (TPSA) is 97.5 Å². The van der Waals surface area contributed by atoms with E-state index >= 15 is 0 Å². The van der Waals surface area contributed by atoms with E-state index in [9.17, 15) is 4.79 Å². The molecule has 0 unspecified atom stereocenters. The van der Waals surface area contributed by atoms with Gasteiger partial charge in [0.1, 0.15) is 18.0 Å². The molecule has 0 saturated carbocycles. The molecule has 0 radical (unpaired) electrons. The van der Waals surface area contributed by atoms with Gasteiger partial charge in [-0.2, -0.15) is 0 Å². The highest BCUT2D eigenvalue weighted by Crippen LogP contribution is 2.21. The zero-order chi connectivity index (χ0) is 19.2. The molecule has 0 bridgehead atoms. The average Bonchev–Trinajstić information content (AvgIpc) is 2.72. The van der Waals surface area contributed by atoms with E-state index in [2.05, 4.69) is 31.7 Å². The fourth-order valence-electron chi connectivity index (χ4n) is 2.89. The minimum atomic E-state index is -0.303. The maximum absolute atomic E-state index is 11.7. The Morgan fingerprint density at radius 3 is 2.59 bits per heavy atom. The lowest BCUT2D eigenvalue weighted by Gasteiger charge is -2.35. The highest BCUT2D eigenvalue weighted by Gasteiger charge is 2.24. The van der Waals surface area contributed by atoms with Gasteiger partial charge in [-0.15, -0.1) is 0 Å². The van der Waals surface area contributed by atoms with Gasteiger partial charge >= 0.3 is 6.09 Å². The molecule has 1 saturated heterocycles. The average molecular weight is 366 g/mol. The molecule has 1 fully saturated rings. The van der Waals surface area contributed by atoms with Crippen LogP contribution in [0.3, 0.4) is 0 Å². The number of nitrogens with zero attached hydrogens (tertiary/aromatic N) is 5. The largest absolute Gasteiger partial charge is 0.453 e. The lowest BCUT2D eigenvalue weighted by atomic mass is 10.1. The maximum Gasteiger partial charge on any atom is 0.409 e. The summed E-state index contributed by atoms with van der Waals surface area (Å²) in [7, 11) is 1.40. The molecule has 27 heavy (non-hydrogen) atoms. The minimum Gasteiger partial charge on any atom is -0.453 e. The molecule has 0 aliphatic carbocycles.